The van der Waals surface area contributed by atoms with Gasteiger partial charge in [-0.15, -0.1) is 0 Å². The smallest absolute Gasteiger partial charge is 0.343 e. The quantitative estimate of drug-likeness (QED) is 0.0335. The van der Waals surface area contributed by atoms with Crippen LogP contribution in [0.4, 0.5) is 0 Å². The second-order valence-electron chi connectivity index (χ2n) is 25.6. The third-order valence-electron chi connectivity index (χ3n) is 19.3. The number of rotatable bonds is 24. The van der Waals surface area contributed by atoms with Crippen LogP contribution < -0.4 is 18.9 Å². The Bertz CT molecular complexity index is 3300. The van der Waals surface area contributed by atoms with Crippen molar-refractivity contribution in [3.8, 4) is 23.0 Å². The van der Waals surface area contributed by atoms with E-state index in [1.54, 1.807) is 48.5 Å². The van der Waals surface area contributed by atoms with E-state index >= 15 is 4.79 Å². The SMILES string of the molecule is CCC(C)(CC)Oc1cc(C)c(C(C)(C)c2c(C)cc(OC(=O)c3cccc(C(=O)C(C)(CC)C(CC)(CC)Oc4cc(C)c(C(C)(C)c5c(C)cc(OC(=O)c6ccc(C(=O)C(C)(CC)CC)cc6)cc5C)c(C)c4)c3)cc2C)c(C)c1. The third-order valence-corrected chi connectivity index (χ3v) is 19.3. The molecule has 8 heteroatoms. The molecule has 1 atom stereocenters. The fraction of sp³-hybridized carbons (Fsp3) is 0.467. The molecule has 0 amide bonds. The topological polar surface area (TPSA) is 105 Å². The first kappa shape index (κ1) is 65.4. The van der Waals surface area contributed by atoms with E-state index in [1.807, 2.05) is 58.9 Å². The van der Waals surface area contributed by atoms with Crippen LogP contribution in [0.3, 0.4) is 0 Å². The van der Waals surface area contributed by atoms with Gasteiger partial charge in [-0.25, -0.2) is 9.59 Å². The fourth-order valence-corrected chi connectivity index (χ4v) is 14.1. The summed E-state index contributed by atoms with van der Waals surface area (Å²) in [6, 6.07) is 29.9. The van der Waals surface area contributed by atoms with Gasteiger partial charge < -0.3 is 18.9 Å². The Kier molecular flexibility index (Phi) is 19.8. The van der Waals surface area contributed by atoms with Gasteiger partial charge >= 0.3 is 11.9 Å². The van der Waals surface area contributed by atoms with Crippen molar-refractivity contribution in [1.82, 2.24) is 0 Å². The van der Waals surface area contributed by atoms with Crippen LogP contribution in [0.2, 0.25) is 0 Å². The van der Waals surface area contributed by atoms with Gasteiger partial charge in [0.1, 0.15) is 34.2 Å². The van der Waals surface area contributed by atoms with Crippen LogP contribution in [0.25, 0.3) is 0 Å². The second kappa shape index (κ2) is 25.2. The lowest BCUT2D eigenvalue weighted by atomic mass is 9.64. The molecule has 0 N–H and O–H groups in total. The molecule has 0 saturated carbocycles. The van der Waals surface area contributed by atoms with E-state index in [2.05, 4.69) is 142 Å². The van der Waals surface area contributed by atoms with Gasteiger partial charge in [-0.2, -0.15) is 0 Å². The molecule has 0 aliphatic rings. The minimum atomic E-state index is -0.987. The molecule has 0 spiro atoms. The molecule has 0 saturated heterocycles. The van der Waals surface area contributed by atoms with E-state index in [4.69, 9.17) is 18.9 Å². The molecule has 444 valence electrons. The summed E-state index contributed by atoms with van der Waals surface area (Å²) in [7, 11) is 0. The van der Waals surface area contributed by atoms with E-state index in [-0.39, 0.29) is 28.1 Å². The minimum Gasteiger partial charge on any atom is -0.488 e. The Morgan fingerprint density at radius 2 is 0.687 bits per heavy atom. The van der Waals surface area contributed by atoms with Crippen molar-refractivity contribution in [2.45, 2.75) is 219 Å². The van der Waals surface area contributed by atoms with Crippen molar-refractivity contribution in [1.29, 1.82) is 0 Å². The highest BCUT2D eigenvalue weighted by molar-refractivity contribution is 6.03. The van der Waals surface area contributed by atoms with Gasteiger partial charge in [0.15, 0.2) is 11.6 Å². The maximum atomic E-state index is 15.2. The summed E-state index contributed by atoms with van der Waals surface area (Å²) in [4.78, 5) is 56.0. The summed E-state index contributed by atoms with van der Waals surface area (Å²) < 4.78 is 25.8. The van der Waals surface area contributed by atoms with E-state index in [9.17, 15) is 14.4 Å². The standard InChI is InChI=1S/C75H96O8/c1-23-72(20,24-2)66(76)54-33-35-55(36-34-54)68(78)80-58-37-46(8)62(47(9)38-58)71(18,19)65-52(14)43-61(44-53(65)15)83-75(28-6,29-7)74(22,27-5)67(77)56-31-30-32-57(45-56)69(79)81-59-39-48(10)63(49(11)40-59)70(16,17)64-50(12)41-60(42-51(64)13)82-73(21,25-3)26-4/h30-45H,23-29H2,1-22H3. The highest BCUT2D eigenvalue weighted by Gasteiger charge is 2.52. The number of ketones is 2. The van der Waals surface area contributed by atoms with Gasteiger partial charge in [0.25, 0.3) is 0 Å². The van der Waals surface area contributed by atoms with Gasteiger partial charge in [-0.05, 0) is 254 Å². The zero-order chi connectivity index (χ0) is 61.9. The molecular formula is C75H96O8. The molecule has 6 rings (SSSR count). The molecule has 83 heavy (non-hydrogen) atoms. The Labute approximate surface area is 498 Å². The van der Waals surface area contributed by atoms with Crippen molar-refractivity contribution in [3.05, 3.63) is 186 Å². The summed E-state index contributed by atoms with van der Waals surface area (Å²) in [5.41, 5.74) is 11.4. The maximum absolute atomic E-state index is 15.2. The van der Waals surface area contributed by atoms with Crippen molar-refractivity contribution in [3.63, 3.8) is 0 Å². The van der Waals surface area contributed by atoms with E-state index in [0.717, 1.165) is 75.9 Å². The predicted octanol–water partition coefficient (Wildman–Crippen LogP) is 19.4. The summed E-state index contributed by atoms with van der Waals surface area (Å²) >= 11 is 0. The Morgan fingerprint density at radius 3 is 1.04 bits per heavy atom. The van der Waals surface area contributed by atoms with Gasteiger partial charge in [0.05, 0.1) is 16.5 Å². The molecule has 1 unspecified atom stereocenters. The maximum Gasteiger partial charge on any atom is 0.343 e. The monoisotopic (exact) mass is 1120 g/mol. The van der Waals surface area contributed by atoms with Gasteiger partial charge in [-0.3, -0.25) is 9.59 Å². The molecule has 0 heterocycles. The molecule has 0 aromatic heterocycles. The van der Waals surface area contributed by atoms with Gasteiger partial charge in [-0.1, -0.05) is 107 Å². The van der Waals surface area contributed by atoms with Crippen LogP contribution in [-0.2, 0) is 10.8 Å². The van der Waals surface area contributed by atoms with Crippen LogP contribution in [0, 0.1) is 66.2 Å². The first-order chi connectivity index (χ1) is 38.8. The molecule has 0 aliphatic carbocycles. The van der Waals surface area contributed by atoms with Crippen molar-refractivity contribution < 1.29 is 38.1 Å². The predicted molar refractivity (Wildman–Crippen MR) is 340 cm³/mol. The van der Waals surface area contributed by atoms with Crippen LogP contribution in [0.1, 0.15) is 250 Å². The molecule has 0 fully saturated rings. The van der Waals surface area contributed by atoms with E-state index in [0.29, 0.717) is 53.2 Å². The van der Waals surface area contributed by atoms with Gasteiger partial charge in [0, 0.05) is 27.4 Å². The summed E-state index contributed by atoms with van der Waals surface area (Å²) in [6.45, 7) is 46.5. The number of hydrogen-bond donors (Lipinski definition) is 0. The number of esters is 2. The van der Waals surface area contributed by atoms with Gasteiger partial charge in [0.2, 0.25) is 0 Å². The van der Waals surface area contributed by atoms with Crippen LogP contribution in [0.5, 0.6) is 23.0 Å². The van der Waals surface area contributed by atoms with E-state index < -0.39 is 33.8 Å². The number of ether oxygens (including phenoxy) is 4. The first-order valence-corrected chi connectivity index (χ1v) is 30.4. The molecule has 0 radical (unpaired) electrons. The number of hydrogen-bond acceptors (Lipinski definition) is 8. The molecule has 8 nitrogen and oxygen atoms in total. The van der Waals surface area contributed by atoms with Crippen molar-refractivity contribution >= 4 is 23.5 Å². The third kappa shape index (κ3) is 12.8. The number of aryl methyl sites for hydroxylation is 8. The number of Topliss-reactive ketones (excluding diaryl/α,β-unsaturated/α-hetero) is 2. The van der Waals surface area contributed by atoms with Crippen LogP contribution >= 0.6 is 0 Å². The Hall–Kier alpha value is -6.80. The fourth-order valence-electron chi connectivity index (χ4n) is 14.1. The highest BCUT2D eigenvalue weighted by atomic mass is 16.5. The lowest BCUT2D eigenvalue weighted by Gasteiger charge is -2.47. The van der Waals surface area contributed by atoms with Crippen LogP contribution in [0.15, 0.2) is 97.1 Å². The zero-order valence-electron chi connectivity index (χ0n) is 54.5. The Balaban J connectivity index is 1.21. The molecule has 0 aliphatic heterocycles. The average molecular weight is 1130 g/mol. The van der Waals surface area contributed by atoms with E-state index in [1.165, 1.54) is 22.3 Å². The van der Waals surface area contributed by atoms with Crippen LogP contribution in [-0.4, -0.2) is 34.7 Å². The Morgan fingerprint density at radius 1 is 0.349 bits per heavy atom. The lowest BCUT2D eigenvalue weighted by Crippen LogP contribution is -2.54. The molecular weight excluding hydrogens is 1030 g/mol. The van der Waals surface area contributed by atoms with Crippen molar-refractivity contribution in [2.75, 3.05) is 0 Å². The summed E-state index contributed by atoms with van der Waals surface area (Å²) in [6.07, 6.45) is 4.94. The number of carbonyl (C=O) groups excluding carboxylic acids is 4. The normalized spacial score (nSPS) is 13.1. The number of benzene rings is 6. The largest absolute Gasteiger partial charge is 0.488 e. The second-order valence-corrected chi connectivity index (χ2v) is 25.6. The first-order valence-electron chi connectivity index (χ1n) is 30.4. The lowest BCUT2D eigenvalue weighted by molar-refractivity contribution is -0.0443. The summed E-state index contributed by atoms with van der Waals surface area (Å²) in [5.74, 6) is 1.42. The highest BCUT2D eigenvalue weighted by Crippen LogP contribution is 2.48. The average Bonchev–Trinajstić information content (AvgIpc) is 1.87. The zero-order valence-corrected chi connectivity index (χ0v) is 54.5. The molecule has 6 aromatic rings. The molecule has 0 bridgehead atoms. The number of carbonyl (C=O) groups is 4. The summed E-state index contributed by atoms with van der Waals surface area (Å²) in [5, 5.41) is 0. The molecule has 6 aromatic carbocycles. The minimum absolute atomic E-state index is 0.0764. The van der Waals surface area contributed by atoms with Crippen molar-refractivity contribution in [2.24, 2.45) is 10.8 Å².